The summed E-state index contributed by atoms with van der Waals surface area (Å²) in [6.07, 6.45) is 0.838. The average Bonchev–Trinajstić information content (AvgIpc) is 3.34. The SMILES string of the molecule is COC(=O)c1cc(OC)c(OC)cc1NC(=O)[C@H]1CCCN1S(=O)(=O)c1cc(OC)ccc1C. The third-order valence-electron chi connectivity index (χ3n) is 5.68. The first-order valence-corrected chi connectivity index (χ1v) is 11.9. The molecule has 10 nitrogen and oxygen atoms in total. The van der Waals surface area contributed by atoms with Crippen LogP contribution in [0.2, 0.25) is 0 Å². The number of methoxy groups -OCH3 is 4. The van der Waals surface area contributed by atoms with Gasteiger partial charge in [0.15, 0.2) is 11.5 Å². The van der Waals surface area contributed by atoms with E-state index in [0.717, 1.165) is 0 Å². The fourth-order valence-corrected chi connectivity index (χ4v) is 5.78. The van der Waals surface area contributed by atoms with Gasteiger partial charge < -0.3 is 24.3 Å². The van der Waals surface area contributed by atoms with Crippen LogP contribution in [-0.2, 0) is 19.6 Å². The molecule has 0 saturated carbocycles. The van der Waals surface area contributed by atoms with Gasteiger partial charge >= 0.3 is 5.97 Å². The molecule has 1 fully saturated rings. The molecule has 2 aromatic carbocycles. The molecule has 1 aliphatic heterocycles. The summed E-state index contributed by atoms with van der Waals surface area (Å²) < 4.78 is 48.6. The molecule has 0 aromatic heterocycles. The van der Waals surface area contributed by atoms with E-state index in [1.165, 1.54) is 50.9 Å². The van der Waals surface area contributed by atoms with Crippen molar-refractivity contribution >= 4 is 27.6 Å². The summed E-state index contributed by atoms with van der Waals surface area (Å²) in [6.45, 7) is 1.87. The molecule has 1 amide bonds. The van der Waals surface area contributed by atoms with Gasteiger partial charge in [-0.25, -0.2) is 13.2 Å². The van der Waals surface area contributed by atoms with Crippen LogP contribution in [0.5, 0.6) is 17.2 Å². The molecule has 0 unspecified atom stereocenters. The highest BCUT2D eigenvalue weighted by Gasteiger charge is 2.40. The molecular formula is C23H28N2O8S. The predicted molar refractivity (Wildman–Crippen MR) is 124 cm³/mol. The summed E-state index contributed by atoms with van der Waals surface area (Å²) in [6, 6.07) is 6.64. The van der Waals surface area contributed by atoms with E-state index in [-0.39, 0.29) is 34.2 Å². The normalized spacial score (nSPS) is 16.1. The first-order chi connectivity index (χ1) is 16.2. The second-order valence-electron chi connectivity index (χ2n) is 7.64. The summed E-state index contributed by atoms with van der Waals surface area (Å²) >= 11 is 0. The van der Waals surface area contributed by atoms with Crippen molar-refractivity contribution in [3.05, 3.63) is 41.5 Å². The maximum atomic E-state index is 13.5. The number of anilines is 1. The number of rotatable bonds is 8. The molecule has 0 spiro atoms. The number of sulfonamides is 1. The second-order valence-corrected chi connectivity index (χ2v) is 9.50. The van der Waals surface area contributed by atoms with Crippen molar-refractivity contribution in [2.75, 3.05) is 40.3 Å². The van der Waals surface area contributed by atoms with Crippen molar-refractivity contribution in [1.29, 1.82) is 0 Å². The van der Waals surface area contributed by atoms with Crippen molar-refractivity contribution in [2.24, 2.45) is 0 Å². The summed E-state index contributed by atoms with van der Waals surface area (Å²) in [4.78, 5) is 25.7. The third kappa shape index (κ3) is 4.80. The van der Waals surface area contributed by atoms with E-state index in [1.54, 1.807) is 19.1 Å². The van der Waals surface area contributed by atoms with Crippen LogP contribution >= 0.6 is 0 Å². The number of nitrogens with one attached hydrogen (secondary N) is 1. The molecule has 184 valence electrons. The topological polar surface area (TPSA) is 120 Å². The largest absolute Gasteiger partial charge is 0.497 e. The summed E-state index contributed by atoms with van der Waals surface area (Å²) in [5, 5.41) is 2.68. The van der Waals surface area contributed by atoms with Gasteiger partial charge in [-0.3, -0.25) is 4.79 Å². The number of ether oxygens (including phenoxy) is 4. The molecule has 11 heteroatoms. The highest BCUT2D eigenvalue weighted by molar-refractivity contribution is 7.89. The van der Waals surface area contributed by atoms with E-state index in [4.69, 9.17) is 18.9 Å². The second kappa shape index (κ2) is 10.3. The quantitative estimate of drug-likeness (QED) is 0.559. The molecule has 0 aliphatic carbocycles. The van der Waals surface area contributed by atoms with Crippen LogP contribution in [0.25, 0.3) is 0 Å². The number of carbonyl (C=O) groups excluding carboxylic acids is 2. The number of hydrogen-bond acceptors (Lipinski definition) is 8. The molecule has 0 bridgehead atoms. The minimum Gasteiger partial charge on any atom is -0.497 e. The number of nitrogens with zero attached hydrogens (tertiary/aromatic N) is 1. The van der Waals surface area contributed by atoms with Crippen molar-refractivity contribution in [2.45, 2.75) is 30.7 Å². The van der Waals surface area contributed by atoms with E-state index in [9.17, 15) is 18.0 Å². The van der Waals surface area contributed by atoms with Crippen LogP contribution in [0.15, 0.2) is 35.2 Å². The Hall–Kier alpha value is -3.31. The van der Waals surface area contributed by atoms with Crippen molar-refractivity contribution in [3.63, 3.8) is 0 Å². The number of benzene rings is 2. The number of aryl methyl sites for hydroxylation is 1. The molecule has 1 atom stereocenters. The molecular weight excluding hydrogens is 464 g/mol. The molecule has 3 rings (SSSR count). The predicted octanol–water partition coefficient (Wildman–Crippen LogP) is 2.60. The lowest BCUT2D eigenvalue weighted by Crippen LogP contribution is -2.43. The fourth-order valence-electron chi connectivity index (χ4n) is 3.88. The Labute approximate surface area is 198 Å². The Bertz CT molecular complexity index is 1200. The van der Waals surface area contributed by atoms with Gasteiger partial charge in [0, 0.05) is 24.7 Å². The summed E-state index contributed by atoms with van der Waals surface area (Å²) in [5.74, 6) is -0.302. The smallest absolute Gasteiger partial charge is 0.340 e. The summed E-state index contributed by atoms with van der Waals surface area (Å²) in [7, 11) is 1.52. The molecule has 0 radical (unpaired) electrons. The minimum absolute atomic E-state index is 0.0459. The first-order valence-electron chi connectivity index (χ1n) is 10.5. The Kier molecular flexibility index (Phi) is 7.68. The molecule has 34 heavy (non-hydrogen) atoms. The lowest BCUT2D eigenvalue weighted by molar-refractivity contribution is -0.119. The van der Waals surface area contributed by atoms with Gasteiger partial charge in [-0.05, 0) is 31.4 Å². The van der Waals surface area contributed by atoms with Gasteiger partial charge in [-0.15, -0.1) is 0 Å². The first kappa shape index (κ1) is 25.3. The van der Waals surface area contributed by atoms with Gasteiger partial charge in [0.05, 0.1) is 44.6 Å². The average molecular weight is 493 g/mol. The molecule has 1 heterocycles. The summed E-state index contributed by atoms with van der Waals surface area (Å²) in [5.41, 5.74) is 0.709. The highest BCUT2D eigenvalue weighted by Crippen LogP contribution is 2.35. The monoisotopic (exact) mass is 492 g/mol. The minimum atomic E-state index is -3.99. The number of carbonyl (C=O) groups is 2. The van der Waals surface area contributed by atoms with E-state index in [2.05, 4.69) is 5.32 Å². The zero-order valence-electron chi connectivity index (χ0n) is 19.7. The van der Waals surface area contributed by atoms with Crippen LogP contribution in [0.3, 0.4) is 0 Å². The van der Waals surface area contributed by atoms with Crippen LogP contribution in [0, 0.1) is 6.92 Å². The fraction of sp³-hybridized carbons (Fsp3) is 0.391. The van der Waals surface area contributed by atoms with Gasteiger partial charge in [-0.1, -0.05) is 6.07 Å². The zero-order valence-corrected chi connectivity index (χ0v) is 20.5. The Morgan fingerprint density at radius 3 is 2.29 bits per heavy atom. The van der Waals surface area contributed by atoms with E-state index >= 15 is 0 Å². The van der Waals surface area contributed by atoms with Gasteiger partial charge in [0.1, 0.15) is 11.8 Å². The van der Waals surface area contributed by atoms with Crippen molar-refractivity contribution in [3.8, 4) is 17.2 Å². The molecule has 2 aromatic rings. The lowest BCUT2D eigenvalue weighted by atomic mass is 10.1. The van der Waals surface area contributed by atoms with Gasteiger partial charge in [-0.2, -0.15) is 4.31 Å². The lowest BCUT2D eigenvalue weighted by Gasteiger charge is -2.25. The Morgan fingerprint density at radius 1 is 1.00 bits per heavy atom. The molecule has 1 aliphatic rings. The highest BCUT2D eigenvalue weighted by atomic mass is 32.2. The Morgan fingerprint density at radius 2 is 1.68 bits per heavy atom. The maximum absolute atomic E-state index is 13.5. The number of hydrogen-bond donors (Lipinski definition) is 1. The van der Waals surface area contributed by atoms with E-state index in [0.29, 0.717) is 24.2 Å². The van der Waals surface area contributed by atoms with Crippen molar-refractivity contribution in [1.82, 2.24) is 4.31 Å². The van der Waals surface area contributed by atoms with Crippen LogP contribution in [0.4, 0.5) is 5.69 Å². The van der Waals surface area contributed by atoms with Crippen molar-refractivity contribution < 1.29 is 37.0 Å². The zero-order chi connectivity index (χ0) is 25.0. The van der Waals surface area contributed by atoms with Crippen LogP contribution < -0.4 is 19.5 Å². The van der Waals surface area contributed by atoms with Crippen LogP contribution in [0.1, 0.15) is 28.8 Å². The van der Waals surface area contributed by atoms with Crippen LogP contribution in [-0.4, -0.2) is 65.6 Å². The van der Waals surface area contributed by atoms with Gasteiger partial charge in [0.25, 0.3) is 0 Å². The Balaban J connectivity index is 1.96. The van der Waals surface area contributed by atoms with E-state index < -0.39 is 27.9 Å². The number of esters is 1. The molecule has 1 N–H and O–H groups in total. The maximum Gasteiger partial charge on any atom is 0.340 e. The van der Waals surface area contributed by atoms with E-state index in [1.807, 2.05) is 0 Å². The van der Waals surface area contributed by atoms with Gasteiger partial charge in [0.2, 0.25) is 15.9 Å². The third-order valence-corrected chi connectivity index (χ3v) is 7.73. The number of amides is 1. The molecule has 1 saturated heterocycles. The standard InChI is InChI=1S/C23H28N2O8S/c1-14-8-9-15(30-2)11-21(14)34(28,29)25-10-6-7-18(25)22(26)24-17-13-20(32-4)19(31-3)12-16(17)23(27)33-5/h8-9,11-13,18H,6-7,10H2,1-5H3,(H,24,26)/t18-/m1/s1.